The number of hydrogen-bond donors (Lipinski definition) is 1. The van der Waals surface area contributed by atoms with Crippen LogP contribution < -0.4 is 10.1 Å². The van der Waals surface area contributed by atoms with Crippen molar-refractivity contribution in [2.24, 2.45) is 0 Å². The highest BCUT2D eigenvalue weighted by atomic mass is 19.4. The molecule has 3 atom stereocenters. The summed E-state index contributed by atoms with van der Waals surface area (Å²) in [6, 6.07) is 8.84. The van der Waals surface area contributed by atoms with Crippen molar-refractivity contribution in [2.45, 2.75) is 31.4 Å². The van der Waals surface area contributed by atoms with E-state index >= 15 is 0 Å². The highest BCUT2D eigenvalue weighted by Gasteiger charge is 2.38. The van der Waals surface area contributed by atoms with E-state index in [4.69, 9.17) is 9.47 Å². The van der Waals surface area contributed by atoms with Gasteiger partial charge < -0.3 is 14.8 Å². The van der Waals surface area contributed by atoms with Gasteiger partial charge in [0.15, 0.2) is 0 Å². The number of alkyl halides is 3. The molecule has 0 radical (unpaired) electrons. The van der Waals surface area contributed by atoms with Crippen LogP contribution in [0.2, 0.25) is 0 Å². The van der Waals surface area contributed by atoms with Gasteiger partial charge >= 0.3 is 6.30 Å². The third kappa shape index (κ3) is 3.88. The van der Waals surface area contributed by atoms with Crippen molar-refractivity contribution < 1.29 is 27.0 Å². The van der Waals surface area contributed by atoms with Gasteiger partial charge in [-0.25, -0.2) is 4.39 Å². The third-order valence-electron chi connectivity index (χ3n) is 5.97. The van der Waals surface area contributed by atoms with E-state index < -0.39 is 12.1 Å². The number of fused-ring (bicyclic) bond motifs is 2. The number of rotatable bonds is 3. The topological polar surface area (TPSA) is 51.5 Å². The van der Waals surface area contributed by atoms with E-state index in [1.165, 1.54) is 18.2 Å². The number of morpholine rings is 1. The number of nitrogens with one attached hydrogen (secondary N) is 1. The maximum Gasteiger partial charge on any atom is 0.504 e. The van der Waals surface area contributed by atoms with E-state index in [1.807, 2.05) is 6.92 Å². The Morgan fingerprint density at radius 3 is 2.81 bits per heavy atom. The molecule has 170 valence electrons. The van der Waals surface area contributed by atoms with Gasteiger partial charge in [-0.3, -0.25) is 4.90 Å². The van der Waals surface area contributed by atoms with Gasteiger partial charge in [0.2, 0.25) is 0 Å². The maximum atomic E-state index is 13.8. The molecule has 1 aromatic heterocycles. The highest BCUT2D eigenvalue weighted by molar-refractivity contribution is 5.91. The molecule has 2 aliphatic heterocycles. The lowest BCUT2D eigenvalue weighted by Gasteiger charge is -2.44. The van der Waals surface area contributed by atoms with Crippen LogP contribution in [0.25, 0.3) is 10.9 Å². The van der Waals surface area contributed by atoms with Crippen LogP contribution in [0.15, 0.2) is 42.6 Å². The second-order valence-electron chi connectivity index (χ2n) is 8.14. The molecule has 6 nitrogen and oxygen atoms in total. The van der Waals surface area contributed by atoms with Crippen LogP contribution in [0.5, 0.6) is 5.75 Å². The fourth-order valence-corrected chi connectivity index (χ4v) is 4.47. The first-order valence-electron chi connectivity index (χ1n) is 10.4. The normalized spacial score (nSPS) is 24.2. The fraction of sp³-hybridized carbons (Fsp3) is 0.409. The Bertz CT molecular complexity index is 1130. The maximum absolute atomic E-state index is 13.8. The zero-order valence-electron chi connectivity index (χ0n) is 17.3. The first-order chi connectivity index (χ1) is 15.3. The van der Waals surface area contributed by atoms with Crippen LogP contribution in [0.4, 0.5) is 23.2 Å². The van der Waals surface area contributed by atoms with Crippen LogP contribution in [-0.2, 0) is 11.0 Å². The molecule has 0 aliphatic carbocycles. The first-order valence-corrected chi connectivity index (χ1v) is 10.4. The molecule has 3 aromatic rings. The molecule has 0 bridgehead atoms. The Labute approximate surface area is 181 Å². The van der Waals surface area contributed by atoms with Crippen LogP contribution in [-0.4, -0.2) is 53.1 Å². The standard InChI is InChI=1S/C22H22F4N4O2/c1-13-10-29(7-8-31-13)19-12-32-20-9-14(23)5-6-15(20)21(19)27-17-3-2-4-18-16(17)11-30(28-18)22(24,25)26/h2-6,9,11,13,19,21,27H,7-8,10,12H2,1H3/t13-,19+,21+/m1/s1. The molecule has 0 saturated carbocycles. The summed E-state index contributed by atoms with van der Waals surface area (Å²) in [5.41, 5.74) is 1.50. The molecular weight excluding hydrogens is 428 g/mol. The zero-order valence-corrected chi connectivity index (χ0v) is 17.3. The molecule has 1 N–H and O–H groups in total. The van der Waals surface area contributed by atoms with Crippen LogP contribution >= 0.6 is 0 Å². The number of benzene rings is 2. The molecule has 5 rings (SSSR count). The lowest BCUT2D eigenvalue weighted by atomic mass is 9.93. The quantitative estimate of drug-likeness (QED) is 0.604. The van der Waals surface area contributed by atoms with Crippen molar-refractivity contribution in [1.82, 2.24) is 14.7 Å². The largest absolute Gasteiger partial charge is 0.504 e. The fourth-order valence-electron chi connectivity index (χ4n) is 4.47. The summed E-state index contributed by atoms with van der Waals surface area (Å²) in [6.07, 6.45) is -3.58. The number of nitrogens with zero attached hydrogens (tertiary/aromatic N) is 3. The molecular formula is C22H22F4N4O2. The summed E-state index contributed by atoms with van der Waals surface area (Å²) in [5, 5.41) is 7.44. The minimum absolute atomic E-state index is 0.0112. The Balaban J connectivity index is 1.55. The SMILES string of the molecule is C[C@@H]1CN([C@H]2COc3cc(F)ccc3[C@@H]2Nc2cccc3nn(C(F)(F)F)cc23)CCO1. The molecule has 3 heterocycles. The number of ether oxygens (including phenoxy) is 2. The molecule has 1 saturated heterocycles. The summed E-state index contributed by atoms with van der Waals surface area (Å²) in [4.78, 5) is 2.25. The predicted octanol–water partition coefficient (Wildman–Crippen LogP) is 4.29. The summed E-state index contributed by atoms with van der Waals surface area (Å²) in [5.74, 6) is 0.0210. The molecule has 0 amide bonds. The molecule has 0 unspecified atom stereocenters. The predicted molar refractivity (Wildman–Crippen MR) is 110 cm³/mol. The van der Waals surface area contributed by atoms with Crippen molar-refractivity contribution in [3.8, 4) is 5.75 Å². The van der Waals surface area contributed by atoms with Crippen molar-refractivity contribution in [3.05, 3.63) is 54.0 Å². The molecule has 1 fully saturated rings. The van der Waals surface area contributed by atoms with Gasteiger partial charge in [-0.05, 0) is 25.1 Å². The molecule has 2 aliphatic rings. The van der Waals surface area contributed by atoms with E-state index in [2.05, 4.69) is 15.3 Å². The molecule has 0 spiro atoms. The van der Waals surface area contributed by atoms with Gasteiger partial charge in [0.05, 0.1) is 30.3 Å². The van der Waals surface area contributed by atoms with Crippen LogP contribution in [0.3, 0.4) is 0 Å². The van der Waals surface area contributed by atoms with E-state index in [0.29, 0.717) is 43.1 Å². The summed E-state index contributed by atoms with van der Waals surface area (Å²) < 4.78 is 65.0. The Morgan fingerprint density at radius 1 is 1.19 bits per heavy atom. The number of aromatic nitrogens is 2. The highest BCUT2D eigenvalue weighted by Crippen LogP contribution is 2.39. The smallest absolute Gasteiger partial charge is 0.491 e. The van der Waals surface area contributed by atoms with Gasteiger partial charge in [-0.1, -0.05) is 12.1 Å². The Kier molecular flexibility index (Phi) is 5.21. The second kappa shape index (κ2) is 7.93. The van der Waals surface area contributed by atoms with Crippen LogP contribution in [0, 0.1) is 5.82 Å². The third-order valence-corrected chi connectivity index (χ3v) is 5.97. The van der Waals surface area contributed by atoms with Crippen molar-refractivity contribution in [3.63, 3.8) is 0 Å². The minimum Gasteiger partial charge on any atom is -0.491 e. The van der Waals surface area contributed by atoms with E-state index in [9.17, 15) is 17.6 Å². The molecule has 2 aromatic carbocycles. The Hall–Kier alpha value is -2.85. The van der Waals surface area contributed by atoms with E-state index in [0.717, 1.165) is 11.8 Å². The van der Waals surface area contributed by atoms with Gasteiger partial charge in [0.25, 0.3) is 0 Å². The molecule has 32 heavy (non-hydrogen) atoms. The van der Waals surface area contributed by atoms with Gasteiger partial charge in [-0.15, -0.1) is 13.2 Å². The van der Waals surface area contributed by atoms with Gasteiger partial charge in [0.1, 0.15) is 18.2 Å². The number of hydrogen-bond acceptors (Lipinski definition) is 5. The molecule has 10 heteroatoms. The monoisotopic (exact) mass is 450 g/mol. The second-order valence-corrected chi connectivity index (χ2v) is 8.14. The summed E-state index contributed by atoms with van der Waals surface area (Å²) in [6.45, 7) is 4.28. The van der Waals surface area contributed by atoms with E-state index in [1.54, 1.807) is 18.2 Å². The number of anilines is 1. The lowest BCUT2D eigenvalue weighted by Crippen LogP contribution is -2.54. The lowest BCUT2D eigenvalue weighted by molar-refractivity contribution is -0.211. The first kappa shape index (κ1) is 21.0. The minimum atomic E-state index is -4.61. The zero-order chi connectivity index (χ0) is 22.5. The average molecular weight is 450 g/mol. The number of halogens is 4. The van der Waals surface area contributed by atoms with Crippen LogP contribution in [0.1, 0.15) is 18.5 Å². The average Bonchev–Trinajstić information content (AvgIpc) is 3.20. The summed E-state index contributed by atoms with van der Waals surface area (Å²) in [7, 11) is 0. The van der Waals surface area contributed by atoms with Gasteiger partial charge in [-0.2, -0.15) is 9.78 Å². The summed E-state index contributed by atoms with van der Waals surface area (Å²) >= 11 is 0. The van der Waals surface area contributed by atoms with Gasteiger partial charge in [0, 0.05) is 42.0 Å². The van der Waals surface area contributed by atoms with Crippen molar-refractivity contribution in [2.75, 3.05) is 31.6 Å². The Morgan fingerprint density at radius 2 is 2.03 bits per heavy atom. The van der Waals surface area contributed by atoms with Crippen molar-refractivity contribution in [1.29, 1.82) is 0 Å². The van der Waals surface area contributed by atoms with Crippen molar-refractivity contribution >= 4 is 16.6 Å². The van der Waals surface area contributed by atoms with E-state index in [-0.39, 0.29) is 28.4 Å².